The number of carbonyl (C=O) groups is 3. The molecule has 0 spiro atoms. The smallest absolute Gasteiger partial charge is 0.233 e. The van der Waals surface area contributed by atoms with E-state index in [4.69, 9.17) is 0 Å². The van der Waals surface area contributed by atoms with Crippen molar-refractivity contribution in [3.63, 3.8) is 0 Å². The van der Waals surface area contributed by atoms with Crippen molar-refractivity contribution in [2.75, 3.05) is 11.9 Å². The molecule has 1 N–H and O–H groups in total. The number of thiazole rings is 1. The number of carbonyl (C=O) groups excluding carboxylic acids is 3. The van der Waals surface area contributed by atoms with Gasteiger partial charge in [-0.3, -0.25) is 19.3 Å². The maximum absolute atomic E-state index is 12.5. The second-order valence-electron chi connectivity index (χ2n) is 7.85. The lowest BCUT2D eigenvalue weighted by atomic mass is 9.85. The van der Waals surface area contributed by atoms with E-state index in [9.17, 15) is 14.4 Å². The fourth-order valence-electron chi connectivity index (χ4n) is 4.25. The lowest BCUT2D eigenvalue weighted by Crippen LogP contribution is -2.34. The van der Waals surface area contributed by atoms with E-state index >= 15 is 0 Å². The number of imide groups is 1. The third-order valence-electron chi connectivity index (χ3n) is 5.85. The summed E-state index contributed by atoms with van der Waals surface area (Å²) in [5.41, 5.74) is 2.55. The van der Waals surface area contributed by atoms with Crippen molar-refractivity contribution in [2.24, 2.45) is 11.8 Å². The zero-order valence-electron chi connectivity index (χ0n) is 16.8. The Labute approximate surface area is 183 Å². The number of nitrogens with zero attached hydrogens (tertiary/aromatic N) is 2. The minimum absolute atomic E-state index is 0.0791. The van der Waals surface area contributed by atoms with Crippen LogP contribution in [-0.2, 0) is 14.4 Å². The molecular formula is C24H21N3O3S. The molecule has 31 heavy (non-hydrogen) atoms. The van der Waals surface area contributed by atoms with Gasteiger partial charge in [0.25, 0.3) is 0 Å². The summed E-state index contributed by atoms with van der Waals surface area (Å²) in [5.74, 6) is -1.04. The molecule has 3 amide bonds. The number of hydrogen-bond donors (Lipinski definition) is 1. The zero-order valence-corrected chi connectivity index (χ0v) is 17.6. The molecule has 1 aliphatic carbocycles. The van der Waals surface area contributed by atoms with Crippen LogP contribution in [0.25, 0.3) is 20.8 Å². The monoisotopic (exact) mass is 431 g/mol. The van der Waals surface area contributed by atoms with Crippen LogP contribution in [0.1, 0.15) is 19.3 Å². The molecule has 3 aromatic rings. The van der Waals surface area contributed by atoms with E-state index < -0.39 is 0 Å². The Hall–Kier alpha value is -3.32. The van der Waals surface area contributed by atoms with Crippen molar-refractivity contribution in [1.82, 2.24) is 9.88 Å². The number of nitrogens with one attached hydrogen (secondary N) is 1. The average Bonchev–Trinajstić information content (AvgIpc) is 3.33. The Balaban J connectivity index is 1.23. The standard InChI is InChI=1S/C24H21N3O3S/c28-21(12-13-27-23(29)17-8-1-2-9-18(17)24(27)30)25-16-7-5-6-15(14-16)22-26-19-10-3-4-11-20(19)31-22/h1-7,10-11,14,17-18H,8-9,12-13H2,(H,25,28)/t17-,18-/m0/s1. The maximum Gasteiger partial charge on any atom is 0.233 e. The molecule has 1 saturated heterocycles. The van der Waals surface area contributed by atoms with Crippen LogP contribution in [-0.4, -0.2) is 34.2 Å². The molecule has 0 bridgehead atoms. The fourth-order valence-corrected chi connectivity index (χ4v) is 5.21. The summed E-state index contributed by atoms with van der Waals surface area (Å²) in [6, 6.07) is 15.5. The number of para-hydroxylation sites is 1. The molecular weight excluding hydrogens is 410 g/mol. The first-order valence-corrected chi connectivity index (χ1v) is 11.2. The third kappa shape index (κ3) is 3.77. The molecule has 0 saturated carbocycles. The average molecular weight is 432 g/mol. The highest BCUT2D eigenvalue weighted by molar-refractivity contribution is 7.21. The number of anilines is 1. The zero-order chi connectivity index (χ0) is 21.4. The number of fused-ring (bicyclic) bond motifs is 2. The highest BCUT2D eigenvalue weighted by Gasteiger charge is 2.46. The third-order valence-corrected chi connectivity index (χ3v) is 6.93. The van der Waals surface area contributed by atoms with Gasteiger partial charge in [-0.1, -0.05) is 36.4 Å². The van der Waals surface area contributed by atoms with Gasteiger partial charge in [0.2, 0.25) is 17.7 Å². The van der Waals surface area contributed by atoms with Gasteiger partial charge in [0.1, 0.15) is 5.01 Å². The molecule has 0 unspecified atom stereocenters. The van der Waals surface area contributed by atoms with Crippen molar-refractivity contribution in [1.29, 1.82) is 0 Å². The minimum Gasteiger partial charge on any atom is -0.326 e. The van der Waals surface area contributed by atoms with Gasteiger partial charge in [-0.15, -0.1) is 11.3 Å². The summed E-state index contributed by atoms with van der Waals surface area (Å²) in [5, 5.41) is 3.77. The van der Waals surface area contributed by atoms with Crippen LogP contribution in [0, 0.1) is 11.8 Å². The topological polar surface area (TPSA) is 79.4 Å². The number of likely N-dealkylation sites (tertiary alicyclic amines) is 1. The van der Waals surface area contributed by atoms with Crippen molar-refractivity contribution >= 4 is 45.0 Å². The molecule has 156 valence electrons. The van der Waals surface area contributed by atoms with Crippen molar-refractivity contribution in [3.8, 4) is 10.6 Å². The summed E-state index contributed by atoms with van der Waals surface area (Å²) in [7, 11) is 0. The predicted octanol–water partition coefficient (Wildman–Crippen LogP) is 4.24. The number of hydrogen-bond acceptors (Lipinski definition) is 5. The fraction of sp³-hybridized carbons (Fsp3) is 0.250. The summed E-state index contributed by atoms with van der Waals surface area (Å²) in [6.45, 7) is 0.119. The van der Waals surface area contributed by atoms with Crippen LogP contribution in [0.15, 0.2) is 60.7 Å². The lowest BCUT2D eigenvalue weighted by Gasteiger charge is -2.14. The summed E-state index contributed by atoms with van der Waals surface area (Å²) < 4.78 is 1.11. The molecule has 0 radical (unpaired) electrons. The number of rotatable bonds is 5. The van der Waals surface area contributed by atoms with E-state index in [1.54, 1.807) is 11.3 Å². The van der Waals surface area contributed by atoms with Crippen LogP contribution in [0.2, 0.25) is 0 Å². The van der Waals surface area contributed by atoms with Gasteiger partial charge in [0.15, 0.2) is 0 Å². The number of allylic oxidation sites excluding steroid dienone is 2. The minimum atomic E-state index is -0.258. The highest BCUT2D eigenvalue weighted by atomic mass is 32.1. The van der Waals surface area contributed by atoms with E-state index in [0.717, 1.165) is 20.8 Å². The first-order valence-electron chi connectivity index (χ1n) is 10.4. The van der Waals surface area contributed by atoms with E-state index in [-0.39, 0.29) is 42.5 Å². The quantitative estimate of drug-likeness (QED) is 0.484. The molecule has 2 aromatic carbocycles. The first kappa shape index (κ1) is 19.6. The molecule has 2 heterocycles. The molecule has 2 atom stereocenters. The van der Waals surface area contributed by atoms with Crippen LogP contribution >= 0.6 is 11.3 Å². The van der Waals surface area contributed by atoms with Gasteiger partial charge >= 0.3 is 0 Å². The number of amides is 3. The van der Waals surface area contributed by atoms with Gasteiger partial charge < -0.3 is 5.32 Å². The van der Waals surface area contributed by atoms with Gasteiger partial charge in [-0.25, -0.2) is 4.98 Å². The molecule has 7 heteroatoms. The molecule has 1 fully saturated rings. The Bertz CT molecular complexity index is 1160. The first-order chi connectivity index (χ1) is 15.1. The maximum atomic E-state index is 12.5. The van der Waals surface area contributed by atoms with Crippen LogP contribution in [0.4, 0.5) is 5.69 Å². The molecule has 6 nitrogen and oxygen atoms in total. The normalized spacial score (nSPS) is 20.3. The predicted molar refractivity (Wildman–Crippen MR) is 120 cm³/mol. The van der Waals surface area contributed by atoms with Crippen molar-refractivity contribution in [3.05, 3.63) is 60.7 Å². The molecule has 2 aliphatic rings. The van der Waals surface area contributed by atoms with Crippen LogP contribution in [0.5, 0.6) is 0 Å². The Morgan fingerprint density at radius 2 is 1.77 bits per heavy atom. The summed E-state index contributed by atoms with van der Waals surface area (Å²) in [4.78, 5) is 43.5. The Kier molecular flexibility index (Phi) is 5.11. The van der Waals surface area contributed by atoms with Gasteiger partial charge in [0, 0.05) is 24.2 Å². The van der Waals surface area contributed by atoms with E-state index in [1.807, 2.05) is 60.7 Å². The van der Waals surface area contributed by atoms with E-state index in [1.165, 1.54) is 4.90 Å². The number of benzene rings is 2. The second-order valence-corrected chi connectivity index (χ2v) is 8.88. The lowest BCUT2D eigenvalue weighted by molar-refractivity contribution is -0.140. The van der Waals surface area contributed by atoms with E-state index in [0.29, 0.717) is 18.5 Å². The SMILES string of the molecule is O=C(CCN1C(=O)[C@H]2CC=CC[C@@H]2C1=O)Nc1cccc(-c2nc3ccccc3s2)c1. The Morgan fingerprint density at radius 3 is 2.52 bits per heavy atom. The van der Waals surface area contributed by atoms with Crippen LogP contribution < -0.4 is 5.32 Å². The van der Waals surface area contributed by atoms with E-state index in [2.05, 4.69) is 10.3 Å². The molecule has 5 rings (SSSR count). The summed E-state index contributed by atoms with van der Waals surface area (Å²) in [6.07, 6.45) is 5.21. The summed E-state index contributed by atoms with van der Waals surface area (Å²) >= 11 is 1.60. The van der Waals surface area contributed by atoms with Gasteiger partial charge in [0.05, 0.1) is 22.1 Å². The van der Waals surface area contributed by atoms with Crippen LogP contribution in [0.3, 0.4) is 0 Å². The largest absolute Gasteiger partial charge is 0.326 e. The molecule has 1 aliphatic heterocycles. The van der Waals surface area contributed by atoms with Gasteiger partial charge in [-0.05, 0) is 37.1 Å². The number of aromatic nitrogens is 1. The second kappa shape index (κ2) is 8.07. The van der Waals surface area contributed by atoms with Crippen molar-refractivity contribution < 1.29 is 14.4 Å². The molecule has 1 aromatic heterocycles. The van der Waals surface area contributed by atoms with Crippen molar-refractivity contribution in [2.45, 2.75) is 19.3 Å². The Morgan fingerprint density at radius 1 is 1.03 bits per heavy atom. The highest BCUT2D eigenvalue weighted by Crippen LogP contribution is 2.35. The van der Waals surface area contributed by atoms with Gasteiger partial charge in [-0.2, -0.15) is 0 Å².